The minimum atomic E-state index is -0.373. The molecule has 1 fully saturated rings. The number of aryl methyl sites for hydroxylation is 1. The van der Waals surface area contributed by atoms with Gasteiger partial charge < -0.3 is 9.84 Å². The van der Waals surface area contributed by atoms with Gasteiger partial charge in [0.1, 0.15) is 11.4 Å². The third kappa shape index (κ3) is 1.38. The second kappa shape index (κ2) is 3.73. The molecule has 2 bridgehead atoms. The van der Waals surface area contributed by atoms with Crippen LogP contribution in [0, 0.1) is 12.8 Å². The SMILES string of the molecule is Cc1cc2c(cc1Br)[C@@]1(C)CC[C@@](CO)(O2)[C@H]1C. The predicted molar refractivity (Wildman–Crippen MR) is 75.1 cm³/mol. The Labute approximate surface area is 116 Å². The molecule has 0 spiro atoms. The molecule has 1 aliphatic carbocycles. The molecule has 2 nitrogen and oxygen atoms in total. The zero-order valence-electron chi connectivity index (χ0n) is 11.1. The molecule has 0 aromatic heterocycles. The number of fused-ring (bicyclic) bond motifs is 4. The lowest BCUT2D eigenvalue weighted by atomic mass is 9.69. The maximum atomic E-state index is 9.77. The van der Waals surface area contributed by atoms with E-state index in [1.54, 1.807) is 0 Å². The number of benzene rings is 1. The van der Waals surface area contributed by atoms with E-state index in [9.17, 15) is 5.11 Å². The van der Waals surface area contributed by atoms with Crippen LogP contribution in [0.15, 0.2) is 16.6 Å². The standard InChI is InChI=1S/C15H19BrO2/c1-9-6-13-11(7-12(9)16)14(3)4-5-15(8-17,18-13)10(14)2/h6-7,10,17H,4-5,8H2,1-3H3/t10-,14-,15-/m0/s1. The summed E-state index contributed by atoms with van der Waals surface area (Å²) < 4.78 is 7.34. The smallest absolute Gasteiger partial charge is 0.135 e. The Morgan fingerprint density at radius 2 is 2.17 bits per heavy atom. The lowest BCUT2D eigenvalue weighted by Gasteiger charge is -2.44. The molecule has 1 heterocycles. The van der Waals surface area contributed by atoms with Crippen LogP contribution in [0.5, 0.6) is 5.75 Å². The summed E-state index contributed by atoms with van der Waals surface area (Å²) in [7, 11) is 0. The van der Waals surface area contributed by atoms with Gasteiger partial charge >= 0.3 is 0 Å². The Balaban J connectivity index is 2.22. The Morgan fingerprint density at radius 3 is 2.83 bits per heavy atom. The fourth-order valence-electron chi connectivity index (χ4n) is 3.65. The Hall–Kier alpha value is -0.540. The predicted octanol–water partition coefficient (Wildman–Crippen LogP) is 3.57. The number of hydrogen-bond donors (Lipinski definition) is 1. The number of halogens is 1. The van der Waals surface area contributed by atoms with Crippen LogP contribution in [-0.4, -0.2) is 17.3 Å². The van der Waals surface area contributed by atoms with Crippen molar-refractivity contribution in [1.82, 2.24) is 0 Å². The van der Waals surface area contributed by atoms with Crippen molar-refractivity contribution in [1.29, 1.82) is 0 Å². The van der Waals surface area contributed by atoms with Gasteiger partial charge in [0.15, 0.2) is 0 Å². The Bertz CT molecular complexity index is 513. The maximum Gasteiger partial charge on any atom is 0.135 e. The van der Waals surface area contributed by atoms with Gasteiger partial charge in [0.05, 0.1) is 6.61 Å². The van der Waals surface area contributed by atoms with Gasteiger partial charge in [-0.2, -0.15) is 0 Å². The molecular weight excluding hydrogens is 292 g/mol. The van der Waals surface area contributed by atoms with E-state index in [1.165, 1.54) is 11.1 Å². The summed E-state index contributed by atoms with van der Waals surface area (Å²) in [5, 5.41) is 9.77. The number of aliphatic hydroxyl groups excluding tert-OH is 1. The molecule has 0 unspecified atom stereocenters. The first-order valence-corrected chi connectivity index (χ1v) is 7.33. The zero-order chi connectivity index (χ0) is 13.1. The van der Waals surface area contributed by atoms with Crippen LogP contribution in [0.2, 0.25) is 0 Å². The molecule has 0 radical (unpaired) electrons. The first-order chi connectivity index (χ1) is 8.43. The monoisotopic (exact) mass is 310 g/mol. The molecule has 3 heteroatoms. The minimum Gasteiger partial charge on any atom is -0.484 e. The lowest BCUT2D eigenvalue weighted by molar-refractivity contribution is -0.0395. The highest BCUT2D eigenvalue weighted by molar-refractivity contribution is 9.10. The van der Waals surface area contributed by atoms with Crippen molar-refractivity contribution in [2.24, 2.45) is 5.92 Å². The molecule has 0 saturated heterocycles. The third-order valence-electron chi connectivity index (χ3n) is 5.27. The van der Waals surface area contributed by atoms with Crippen LogP contribution in [0.25, 0.3) is 0 Å². The largest absolute Gasteiger partial charge is 0.484 e. The average molecular weight is 311 g/mol. The second-order valence-corrected chi connectivity index (χ2v) is 6.92. The topological polar surface area (TPSA) is 29.5 Å². The first kappa shape index (κ1) is 12.5. The molecule has 0 amide bonds. The van der Waals surface area contributed by atoms with Crippen LogP contribution in [0.3, 0.4) is 0 Å². The van der Waals surface area contributed by atoms with E-state index in [0.717, 1.165) is 23.1 Å². The van der Waals surface area contributed by atoms with E-state index in [2.05, 4.69) is 48.8 Å². The fourth-order valence-corrected chi connectivity index (χ4v) is 3.99. The summed E-state index contributed by atoms with van der Waals surface area (Å²) in [6.07, 6.45) is 2.02. The van der Waals surface area contributed by atoms with Crippen molar-refractivity contribution in [3.8, 4) is 5.75 Å². The summed E-state index contributed by atoms with van der Waals surface area (Å²) in [5.41, 5.74) is 2.21. The summed E-state index contributed by atoms with van der Waals surface area (Å²) in [4.78, 5) is 0. The zero-order valence-corrected chi connectivity index (χ0v) is 12.7. The molecule has 3 atom stereocenters. The normalized spacial score (nSPS) is 37.3. The molecule has 3 rings (SSSR count). The van der Waals surface area contributed by atoms with Gasteiger partial charge in [-0.3, -0.25) is 0 Å². The van der Waals surface area contributed by atoms with Crippen LogP contribution in [0.1, 0.15) is 37.8 Å². The van der Waals surface area contributed by atoms with Gasteiger partial charge in [-0.1, -0.05) is 29.8 Å². The summed E-state index contributed by atoms with van der Waals surface area (Å²) in [5.74, 6) is 1.31. The molecular formula is C15H19BrO2. The number of rotatable bonds is 1. The molecule has 98 valence electrons. The van der Waals surface area contributed by atoms with Gasteiger partial charge in [-0.05, 0) is 37.5 Å². The molecule has 1 N–H and O–H groups in total. The Morgan fingerprint density at radius 1 is 1.44 bits per heavy atom. The van der Waals surface area contributed by atoms with Crippen LogP contribution < -0.4 is 4.74 Å². The minimum absolute atomic E-state index is 0.109. The van der Waals surface area contributed by atoms with Gasteiger partial charge in [0.2, 0.25) is 0 Å². The molecule has 1 aromatic carbocycles. The van der Waals surface area contributed by atoms with E-state index in [-0.39, 0.29) is 17.6 Å². The van der Waals surface area contributed by atoms with Crippen LogP contribution in [0.4, 0.5) is 0 Å². The number of aliphatic hydroxyl groups is 1. The van der Waals surface area contributed by atoms with E-state index >= 15 is 0 Å². The molecule has 18 heavy (non-hydrogen) atoms. The molecule has 1 saturated carbocycles. The van der Waals surface area contributed by atoms with Crippen molar-refractivity contribution in [2.75, 3.05) is 6.61 Å². The van der Waals surface area contributed by atoms with E-state index in [4.69, 9.17) is 4.74 Å². The van der Waals surface area contributed by atoms with Crippen molar-refractivity contribution in [2.45, 2.75) is 44.6 Å². The highest BCUT2D eigenvalue weighted by atomic mass is 79.9. The lowest BCUT2D eigenvalue weighted by Crippen LogP contribution is -2.50. The summed E-state index contributed by atoms with van der Waals surface area (Å²) in [6.45, 7) is 6.69. The number of ether oxygens (including phenoxy) is 1. The highest BCUT2D eigenvalue weighted by Crippen LogP contribution is 2.58. The summed E-state index contributed by atoms with van der Waals surface area (Å²) >= 11 is 3.61. The Kier molecular flexibility index (Phi) is 2.59. The van der Waals surface area contributed by atoms with Gasteiger partial charge in [0, 0.05) is 21.4 Å². The average Bonchev–Trinajstić information content (AvgIpc) is 2.52. The van der Waals surface area contributed by atoms with E-state index in [1.807, 2.05) is 0 Å². The van der Waals surface area contributed by atoms with E-state index in [0.29, 0.717) is 5.92 Å². The third-order valence-corrected chi connectivity index (χ3v) is 6.12. The van der Waals surface area contributed by atoms with Crippen molar-refractivity contribution >= 4 is 15.9 Å². The van der Waals surface area contributed by atoms with Gasteiger partial charge in [0.25, 0.3) is 0 Å². The fraction of sp³-hybridized carbons (Fsp3) is 0.600. The van der Waals surface area contributed by atoms with Gasteiger partial charge in [-0.15, -0.1) is 0 Å². The van der Waals surface area contributed by atoms with Gasteiger partial charge in [-0.25, -0.2) is 0 Å². The maximum absolute atomic E-state index is 9.77. The molecule has 1 aromatic rings. The van der Waals surface area contributed by atoms with Crippen LogP contribution >= 0.6 is 15.9 Å². The quantitative estimate of drug-likeness (QED) is 0.859. The number of hydrogen-bond acceptors (Lipinski definition) is 2. The molecule has 1 aliphatic heterocycles. The van der Waals surface area contributed by atoms with Crippen molar-refractivity contribution in [3.63, 3.8) is 0 Å². The molecule has 2 aliphatic rings. The van der Waals surface area contributed by atoms with Crippen LogP contribution in [-0.2, 0) is 5.41 Å². The van der Waals surface area contributed by atoms with E-state index < -0.39 is 0 Å². The highest BCUT2D eigenvalue weighted by Gasteiger charge is 2.58. The van der Waals surface area contributed by atoms with Crippen molar-refractivity contribution in [3.05, 3.63) is 27.7 Å². The second-order valence-electron chi connectivity index (χ2n) is 6.06. The first-order valence-electron chi connectivity index (χ1n) is 6.53. The summed E-state index contributed by atoms with van der Waals surface area (Å²) in [6, 6.07) is 4.30. The van der Waals surface area contributed by atoms with Crippen molar-refractivity contribution < 1.29 is 9.84 Å².